The van der Waals surface area contributed by atoms with Gasteiger partial charge in [-0.15, -0.1) is 11.8 Å². The van der Waals surface area contributed by atoms with Crippen LogP contribution in [0.3, 0.4) is 0 Å². The van der Waals surface area contributed by atoms with Gasteiger partial charge in [-0.25, -0.2) is 0 Å². The van der Waals surface area contributed by atoms with Crippen molar-refractivity contribution in [1.82, 2.24) is 5.32 Å². The van der Waals surface area contributed by atoms with Crippen LogP contribution in [0.4, 0.5) is 0 Å². The lowest BCUT2D eigenvalue weighted by Gasteiger charge is -2.15. The van der Waals surface area contributed by atoms with Crippen molar-refractivity contribution in [3.05, 3.63) is 29.8 Å². The Labute approximate surface area is 113 Å². The second-order valence-corrected chi connectivity index (χ2v) is 5.08. The lowest BCUT2D eigenvalue weighted by molar-refractivity contribution is -0.144. The lowest BCUT2D eigenvalue weighted by Crippen LogP contribution is -2.40. The minimum Gasteiger partial charge on any atom is -0.465 e. The molecule has 0 aliphatic carbocycles. The molecule has 4 heteroatoms. The zero-order valence-corrected chi connectivity index (χ0v) is 12.0. The largest absolute Gasteiger partial charge is 0.465 e. The molecule has 100 valence electrons. The SMILES string of the molecule is CCNC(CSc1cccc(C)c1)C(=O)OCC. The van der Waals surface area contributed by atoms with Crippen LogP contribution in [0, 0.1) is 6.92 Å². The smallest absolute Gasteiger partial charge is 0.323 e. The van der Waals surface area contributed by atoms with Gasteiger partial charge in [-0.3, -0.25) is 4.79 Å². The van der Waals surface area contributed by atoms with Gasteiger partial charge in [0.15, 0.2) is 0 Å². The molecule has 18 heavy (non-hydrogen) atoms. The topological polar surface area (TPSA) is 38.3 Å². The lowest BCUT2D eigenvalue weighted by atomic mass is 10.2. The fraction of sp³-hybridized carbons (Fsp3) is 0.500. The third-order valence-corrected chi connectivity index (χ3v) is 3.52. The summed E-state index contributed by atoms with van der Waals surface area (Å²) in [6.07, 6.45) is 0. The van der Waals surface area contributed by atoms with Gasteiger partial charge < -0.3 is 10.1 Å². The van der Waals surface area contributed by atoms with E-state index in [9.17, 15) is 4.79 Å². The van der Waals surface area contributed by atoms with Crippen LogP contribution in [0.15, 0.2) is 29.2 Å². The van der Waals surface area contributed by atoms with Crippen LogP contribution in [0.25, 0.3) is 0 Å². The summed E-state index contributed by atoms with van der Waals surface area (Å²) in [5.41, 5.74) is 1.23. The quantitative estimate of drug-likeness (QED) is 0.609. The van der Waals surface area contributed by atoms with Gasteiger partial charge in [0, 0.05) is 10.6 Å². The molecule has 0 bridgehead atoms. The summed E-state index contributed by atoms with van der Waals surface area (Å²) in [7, 11) is 0. The Morgan fingerprint density at radius 2 is 2.22 bits per heavy atom. The predicted octanol–water partition coefficient (Wildman–Crippen LogP) is 2.63. The predicted molar refractivity (Wildman–Crippen MR) is 76.0 cm³/mol. The van der Waals surface area contributed by atoms with Crippen LogP contribution < -0.4 is 5.32 Å². The van der Waals surface area contributed by atoms with Gasteiger partial charge in [0.1, 0.15) is 6.04 Å². The summed E-state index contributed by atoms with van der Waals surface area (Å²) in [6.45, 7) is 7.07. The normalized spacial score (nSPS) is 12.2. The van der Waals surface area contributed by atoms with E-state index in [-0.39, 0.29) is 12.0 Å². The van der Waals surface area contributed by atoms with Gasteiger partial charge in [-0.1, -0.05) is 24.6 Å². The van der Waals surface area contributed by atoms with Crippen molar-refractivity contribution >= 4 is 17.7 Å². The number of likely N-dealkylation sites (N-methyl/N-ethyl adjacent to an activating group) is 1. The maximum atomic E-state index is 11.7. The number of carbonyl (C=O) groups is 1. The van der Waals surface area contributed by atoms with E-state index < -0.39 is 0 Å². The van der Waals surface area contributed by atoms with Gasteiger partial charge in [0.05, 0.1) is 6.61 Å². The van der Waals surface area contributed by atoms with Crippen LogP contribution in [-0.2, 0) is 9.53 Å². The average molecular weight is 267 g/mol. The molecule has 3 nitrogen and oxygen atoms in total. The van der Waals surface area contributed by atoms with E-state index in [1.165, 1.54) is 10.5 Å². The molecular formula is C14H21NO2S. The molecule has 1 aromatic carbocycles. The van der Waals surface area contributed by atoms with Crippen molar-refractivity contribution < 1.29 is 9.53 Å². The maximum absolute atomic E-state index is 11.7. The van der Waals surface area contributed by atoms with Gasteiger partial charge >= 0.3 is 5.97 Å². The summed E-state index contributed by atoms with van der Waals surface area (Å²) >= 11 is 1.67. The van der Waals surface area contributed by atoms with E-state index in [0.717, 1.165) is 6.54 Å². The van der Waals surface area contributed by atoms with Crippen molar-refractivity contribution in [2.24, 2.45) is 0 Å². The van der Waals surface area contributed by atoms with E-state index >= 15 is 0 Å². The molecular weight excluding hydrogens is 246 g/mol. The van der Waals surface area contributed by atoms with Gasteiger partial charge in [-0.05, 0) is 32.5 Å². The maximum Gasteiger partial charge on any atom is 0.323 e. The zero-order chi connectivity index (χ0) is 13.4. The molecule has 1 aromatic rings. The third kappa shape index (κ3) is 5.10. The molecule has 0 spiro atoms. The number of ether oxygens (including phenoxy) is 1. The summed E-state index contributed by atoms with van der Waals surface area (Å²) in [5.74, 6) is 0.523. The molecule has 0 radical (unpaired) electrons. The Balaban J connectivity index is 2.53. The summed E-state index contributed by atoms with van der Waals surface area (Å²) < 4.78 is 5.05. The first-order chi connectivity index (χ1) is 8.67. The average Bonchev–Trinajstić information content (AvgIpc) is 2.35. The van der Waals surface area contributed by atoms with Gasteiger partial charge in [-0.2, -0.15) is 0 Å². The van der Waals surface area contributed by atoms with Crippen LogP contribution in [0.1, 0.15) is 19.4 Å². The minimum atomic E-state index is -0.236. The van der Waals surface area contributed by atoms with Crippen LogP contribution >= 0.6 is 11.8 Å². The highest BCUT2D eigenvalue weighted by molar-refractivity contribution is 7.99. The molecule has 0 saturated heterocycles. The fourth-order valence-electron chi connectivity index (χ4n) is 1.58. The van der Waals surface area contributed by atoms with Crippen molar-refractivity contribution in [2.75, 3.05) is 18.9 Å². The fourth-order valence-corrected chi connectivity index (χ4v) is 2.64. The van der Waals surface area contributed by atoms with E-state index in [2.05, 4.69) is 30.4 Å². The number of nitrogens with one attached hydrogen (secondary N) is 1. The molecule has 0 aliphatic heterocycles. The third-order valence-electron chi connectivity index (χ3n) is 2.43. The molecule has 0 amide bonds. The molecule has 1 unspecified atom stereocenters. The summed E-state index contributed by atoms with van der Waals surface area (Å²) in [6, 6.07) is 8.05. The minimum absolute atomic E-state index is 0.167. The van der Waals surface area contributed by atoms with E-state index in [0.29, 0.717) is 12.4 Å². The summed E-state index contributed by atoms with van der Waals surface area (Å²) in [4.78, 5) is 12.9. The Kier molecular flexibility index (Phi) is 6.83. The molecule has 0 aliphatic rings. The standard InChI is InChI=1S/C14H21NO2S/c1-4-15-13(14(16)17-5-2)10-18-12-8-6-7-11(3)9-12/h6-9,13,15H,4-5,10H2,1-3H3. The molecule has 0 heterocycles. The Morgan fingerprint density at radius 3 is 2.83 bits per heavy atom. The van der Waals surface area contributed by atoms with Crippen molar-refractivity contribution in [3.63, 3.8) is 0 Å². The number of hydrogen-bond acceptors (Lipinski definition) is 4. The second-order valence-electron chi connectivity index (χ2n) is 3.99. The Bertz CT molecular complexity index is 382. The molecule has 1 N–H and O–H groups in total. The van der Waals surface area contributed by atoms with Crippen molar-refractivity contribution in [2.45, 2.75) is 31.7 Å². The van der Waals surface area contributed by atoms with Crippen molar-refractivity contribution in [1.29, 1.82) is 0 Å². The molecule has 0 fully saturated rings. The number of aryl methyl sites for hydroxylation is 1. The Hall–Kier alpha value is -1.00. The number of benzene rings is 1. The molecule has 1 atom stereocenters. The summed E-state index contributed by atoms with van der Waals surface area (Å²) in [5, 5.41) is 3.16. The van der Waals surface area contributed by atoms with Gasteiger partial charge in [0.2, 0.25) is 0 Å². The molecule has 0 saturated carbocycles. The highest BCUT2D eigenvalue weighted by Crippen LogP contribution is 2.20. The van der Waals surface area contributed by atoms with E-state index in [4.69, 9.17) is 4.74 Å². The number of hydrogen-bond donors (Lipinski definition) is 1. The van der Waals surface area contributed by atoms with Crippen molar-refractivity contribution in [3.8, 4) is 0 Å². The number of thioether (sulfide) groups is 1. The molecule has 0 aromatic heterocycles. The number of rotatable bonds is 7. The zero-order valence-electron chi connectivity index (χ0n) is 11.2. The highest BCUT2D eigenvalue weighted by atomic mass is 32.2. The van der Waals surface area contributed by atoms with Crippen LogP contribution in [-0.4, -0.2) is 30.9 Å². The highest BCUT2D eigenvalue weighted by Gasteiger charge is 2.18. The van der Waals surface area contributed by atoms with Crippen LogP contribution in [0.5, 0.6) is 0 Å². The molecule has 1 rings (SSSR count). The first-order valence-corrected chi connectivity index (χ1v) is 7.25. The number of carbonyl (C=O) groups excluding carboxylic acids is 1. The number of esters is 1. The van der Waals surface area contributed by atoms with E-state index in [1.807, 2.05) is 19.9 Å². The van der Waals surface area contributed by atoms with E-state index in [1.54, 1.807) is 11.8 Å². The second kappa shape index (κ2) is 8.16. The van der Waals surface area contributed by atoms with Gasteiger partial charge in [0.25, 0.3) is 0 Å². The first kappa shape index (κ1) is 15.1. The first-order valence-electron chi connectivity index (χ1n) is 6.26. The monoisotopic (exact) mass is 267 g/mol. The van der Waals surface area contributed by atoms with Crippen LogP contribution in [0.2, 0.25) is 0 Å². The Morgan fingerprint density at radius 1 is 1.44 bits per heavy atom.